The predicted molar refractivity (Wildman–Crippen MR) is 133 cm³/mol. The molecule has 7 heteroatoms. The first-order chi connectivity index (χ1) is 15.7. The van der Waals surface area contributed by atoms with Crippen molar-refractivity contribution in [3.8, 4) is 0 Å². The Labute approximate surface area is 205 Å². The number of nitrogens with zero attached hydrogens (tertiary/aromatic N) is 1. The van der Waals surface area contributed by atoms with Crippen molar-refractivity contribution in [1.29, 1.82) is 0 Å². The number of halogens is 2. The maximum absolute atomic E-state index is 13.2. The monoisotopic (exact) mass is 522 g/mol. The van der Waals surface area contributed by atoms with Gasteiger partial charge < -0.3 is 0 Å². The van der Waals surface area contributed by atoms with Crippen molar-refractivity contribution in [1.82, 2.24) is 5.32 Å². The molecule has 0 atom stereocenters. The summed E-state index contributed by atoms with van der Waals surface area (Å²) in [6, 6.07) is 17.6. The average Bonchev–Trinajstić information content (AvgIpc) is 2.73. The van der Waals surface area contributed by atoms with E-state index >= 15 is 0 Å². The maximum Gasteiger partial charge on any atom is 0.335 e. The minimum absolute atomic E-state index is 0.138. The molecule has 1 saturated heterocycles. The summed E-state index contributed by atoms with van der Waals surface area (Å²) in [7, 11) is 0. The fourth-order valence-electron chi connectivity index (χ4n) is 3.89. The molecular formula is C26H20BrClN2O3. The number of benzene rings is 3. The van der Waals surface area contributed by atoms with Crippen LogP contribution in [0.1, 0.15) is 27.8 Å². The van der Waals surface area contributed by atoms with E-state index in [1.54, 1.807) is 36.4 Å². The van der Waals surface area contributed by atoms with Gasteiger partial charge in [-0.25, -0.2) is 9.69 Å². The van der Waals surface area contributed by atoms with Gasteiger partial charge in [0.05, 0.1) is 5.69 Å². The maximum atomic E-state index is 13.2. The quantitative estimate of drug-likeness (QED) is 0.338. The second-order valence-electron chi connectivity index (χ2n) is 7.95. The average molecular weight is 524 g/mol. The lowest BCUT2D eigenvalue weighted by atomic mass is 9.95. The summed E-state index contributed by atoms with van der Waals surface area (Å²) in [4.78, 5) is 39.2. The molecule has 1 aliphatic rings. The predicted octanol–water partition coefficient (Wildman–Crippen LogP) is 5.98. The normalized spacial score (nSPS) is 15.2. The van der Waals surface area contributed by atoms with Gasteiger partial charge in [-0.05, 0) is 79.4 Å². The number of hydrogen-bond donors (Lipinski definition) is 1. The summed E-state index contributed by atoms with van der Waals surface area (Å²) >= 11 is 9.57. The smallest absolute Gasteiger partial charge is 0.273 e. The Morgan fingerprint density at radius 1 is 0.939 bits per heavy atom. The molecule has 0 radical (unpaired) electrons. The van der Waals surface area contributed by atoms with E-state index in [1.165, 1.54) is 6.08 Å². The van der Waals surface area contributed by atoms with Crippen molar-refractivity contribution < 1.29 is 14.4 Å². The summed E-state index contributed by atoms with van der Waals surface area (Å²) in [6.07, 6.45) is 2.10. The molecule has 3 aromatic rings. The summed E-state index contributed by atoms with van der Waals surface area (Å²) < 4.78 is 0.804. The molecule has 33 heavy (non-hydrogen) atoms. The van der Waals surface area contributed by atoms with Crippen LogP contribution in [0.2, 0.25) is 5.02 Å². The lowest BCUT2D eigenvalue weighted by molar-refractivity contribution is -0.122. The molecule has 0 saturated carbocycles. The van der Waals surface area contributed by atoms with Crippen molar-refractivity contribution >= 4 is 57.1 Å². The largest absolute Gasteiger partial charge is 0.335 e. The first-order valence-corrected chi connectivity index (χ1v) is 11.4. The van der Waals surface area contributed by atoms with Crippen LogP contribution in [0.15, 0.2) is 70.7 Å². The van der Waals surface area contributed by atoms with Crippen LogP contribution in [0.4, 0.5) is 10.5 Å². The lowest BCUT2D eigenvalue weighted by Crippen LogP contribution is -2.54. The van der Waals surface area contributed by atoms with Crippen molar-refractivity contribution in [2.45, 2.75) is 20.3 Å². The van der Waals surface area contributed by atoms with Gasteiger partial charge in [-0.3, -0.25) is 14.9 Å². The van der Waals surface area contributed by atoms with E-state index < -0.39 is 17.8 Å². The Balaban J connectivity index is 1.74. The fourth-order valence-corrected chi connectivity index (χ4v) is 4.33. The minimum atomic E-state index is -0.786. The van der Waals surface area contributed by atoms with Crippen LogP contribution in [0, 0.1) is 13.8 Å². The Kier molecular flexibility index (Phi) is 6.49. The number of carbonyl (C=O) groups is 3. The molecule has 4 amide bonds. The van der Waals surface area contributed by atoms with Gasteiger partial charge in [-0.2, -0.15) is 0 Å². The molecular weight excluding hydrogens is 504 g/mol. The molecule has 0 aliphatic carbocycles. The van der Waals surface area contributed by atoms with E-state index in [1.807, 2.05) is 19.9 Å². The van der Waals surface area contributed by atoms with Crippen molar-refractivity contribution in [3.05, 3.63) is 104 Å². The first kappa shape index (κ1) is 23.0. The van der Waals surface area contributed by atoms with Crippen LogP contribution in [0.25, 0.3) is 6.08 Å². The SMILES string of the molecule is Cc1cc(C)cc(Cc2ccc(Cl)cc2/C=C2\C(=O)NC(=O)N(c3ccc(Br)cc3)C2=O)c1. The van der Waals surface area contributed by atoms with E-state index in [-0.39, 0.29) is 5.57 Å². The molecule has 1 heterocycles. The highest BCUT2D eigenvalue weighted by molar-refractivity contribution is 9.10. The highest BCUT2D eigenvalue weighted by Crippen LogP contribution is 2.27. The van der Waals surface area contributed by atoms with Crippen LogP contribution < -0.4 is 10.2 Å². The molecule has 5 nitrogen and oxygen atoms in total. The standard InChI is InChI=1S/C26H20BrClN2O3/c1-15-9-16(2)11-17(10-15)12-18-3-6-21(28)13-19(18)14-23-24(31)29-26(33)30(25(23)32)22-7-4-20(27)5-8-22/h3-11,13-14H,12H2,1-2H3,(H,29,31,33)/b23-14+. The number of rotatable bonds is 4. The highest BCUT2D eigenvalue weighted by atomic mass is 79.9. The third kappa shape index (κ3) is 5.07. The molecule has 0 unspecified atom stereocenters. The lowest BCUT2D eigenvalue weighted by Gasteiger charge is -2.26. The Morgan fingerprint density at radius 3 is 2.27 bits per heavy atom. The number of barbiturate groups is 1. The van der Waals surface area contributed by atoms with E-state index in [4.69, 9.17) is 11.6 Å². The number of amides is 4. The van der Waals surface area contributed by atoms with Crippen LogP contribution in [-0.4, -0.2) is 17.8 Å². The zero-order valence-electron chi connectivity index (χ0n) is 18.0. The van der Waals surface area contributed by atoms with Gasteiger partial charge in [0.15, 0.2) is 0 Å². The van der Waals surface area contributed by atoms with Crippen molar-refractivity contribution in [2.75, 3.05) is 4.90 Å². The molecule has 1 fully saturated rings. The fraction of sp³-hybridized carbons (Fsp3) is 0.115. The van der Waals surface area contributed by atoms with E-state index in [2.05, 4.69) is 39.4 Å². The van der Waals surface area contributed by atoms with Crippen molar-refractivity contribution in [2.24, 2.45) is 0 Å². The summed E-state index contributed by atoms with van der Waals surface area (Å²) in [5.41, 5.74) is 5.20. The number of anilines is 1. The van der Waals surface area contributed by atoms with Gasteiger partial charge in [-0.15, -0.1) is 0 Å². The number of aryl methyl sites for hydroxylation is 2. The third-order valence-electron chi connectivity index (χ3n) is 5.27. The molecule has 0 bridgehead atoms. The number of hydrogen-bond acceptors (Lipinski definition) is 3. The Morgan fingerprint density at radius 2 is 1.61 bits per heavy atom. The highest BCUT2D eigenvalue weighted by Gasteiger charge is 2.36. The summed E-state index contributed by atoms with van der Waals surface area (Å²) in [5.74, 6) is -1.43. The first-order valence-electron chi connectivity index (χ1n) is 10.2. The molecule has 4 rings (SSSR count). The van der Waals surface area contributed by atoms with E-state index in [0.29, 0.717) is 22.7 Å². The van der Waals surface area contributed by atoms with E-state index in [9.17, 15) is 14.4 Å². The zero-order chi connectivity index (χ0) is 23.7. The number of urea groups is 1. The van der Waals surface area contributed by atoms with Crippen LogP contribution in [-0.2, 0) is 16.0 Å². The van der Waals surface area contributed by atoms with E-state index in [0.717, 1.165) is 31.6 Å². The van der Waals surface area contributed by atoms with Gasteiger partial charge in [0.2, 0.25) is 0 Å². The van der Waals surface area contributed by atoms with Gasteiger partial charge in [-0.1, -0.05) is 62.9 Å². The number of imide groups is 2. The number of nitrogens with one attached hydrogen (secondary N) is 1. The van der Waals surface area contributed by atoms with Gasteiger partial charge in [0, 0.05) is 9.50 Å². The van der Waals surface area contributed by atoms with Crippen LogP contribution >= 0.6 is 27.5 Å². The van der Waals surface area contributed by atoms with Crippen LogP contribution in [0.3, 0.4) is 0 Å². The summed E-state index contributed by atoms with van der Waals surface area (Å²) in [6.45, 7) is 4.08. The molecule has 1 aliphatic heterocycles. The Hall–Kier alpha value is -3.22. The van der Waals surface area contributed by atoms with Gasteiger partial charge in [0.1, 0.15) is 5.57 Å². The van der Waals surface area contributed by atoms with Crippen molar-refractivity contribution in [3.63, 3.8) is 0 Å². The number of carbonyl (C=O) groups excluding carboxylic acids is 3. The molecule has 1 N–H and O–H groups in total. The molecule has 0 spiro atoms. The molecule has 166 valence electrons. The summed E-state index contributed by atoms with van der Waals surface area (Å²) in [5, 5.41) is 2.74. The van der Waals surface area contributed by atoms with Crippen LogP contribution in [0.5, 0.6) is 0 Å². The van der Waals surface area contributed by atoms with Gasteiger partial charge >= 0.3 is 6.03 Å². The molecule has 3 aromatic carbocycles. The minimum Gasteiger partial charge on any atom is -0.273 e. The topological polar surface area (TPSA) is 66.5 Å². The van der Waals surface area contributed by atoms with Gasteiger partial charge in [0.25, 0.3) is 11.8 Å². The second kappa shape index (κ2) is 9.33. The zero-order valence-corrected chi connectivity index (χ0v) is 20.3. The Bertz CT molecular complexity index is 1300. The third-order valence-corrected chi connectivity index (χ3v) is 6.03. The molecule has 0 aromatic heterocycles. The second-order valence-corrected chi connectivity index (χ2v) is 9.30.